The summed E-state index contributed by atoms with van der Waals surface area (Å²) in [4.78, 5) is 8.43. The number of hydrogen-bond donors (Lipinski definition) is 1. The smallest absolute Gasteiger partial charge is 0.201 e. The summed E-state index contributed by atoms with van der Waals surface area (Å²) in [5, 5.41) is 0. The average Bonchev–Trinajstić information content (AvgIpc) is 2.66. The van der Waals surface area contributed by atoms with Crippen LogP contribution in [-0.2, 0) is 0 Å². The monoisotopic (exact) mass is 234 g/mol. The number of rotatable bonds is 1. The van der Waals surface area contributed by atoms with Gasteiger partial charge in [0.1, 0.15) is 5.52 Å². The van der Waals surface area contributed by atoms with Crippen LogP contribution >= 0.6 is 11.8 Å². The van der Waals surface area contributed by atoms with E-state index in [0.29, 0.717) is 12.0 Å². The molecule has 5 heteroatoms. The second-order valence-corrected chi connectivity index (χ2v) is 5.23. The predicted molar refractivity (Wildman–Crippen MR) is 67.5 cm³/mol. The van der Waals surface area contributed by atoms with E-state index in [2.05, 4.69) is 14.5 Å². The number of hydrogen-bond acceptors (Lipinski definition) is 4. The van der Waals surface area contributed by atoms with E-state index in [1.54, 1.807) is 12.4 Å². The second kappa shape index (κ2) is 3.97. The molecule has 1 saturated heterocycles. The third kappa shape index (κ3) is 1.55. The van der Waals surface area contributed by atoms with Crippen LogP contribution in [0.4, 0.5) is 5.95 Å². The third-order valence-corrected chi connectivity index (χ3v) is 4.22. The summed E-state index contributed by atoms with van der Waals surface area (Å²) in [6.07, 6.45) is 6.04. The number of aromatic nitrogens is 3. The Morgan fingerprint density at radius 3 is 3.25 bits per heavy atom. The molecule has 1 unspecified atom stereocenters. The number of anilines is 1. The molecule has 2 aromatic rings. The fourth-order valence-electron chi connectivity index (χ4n) is 2.28. The number of nitrogen functional groups attached to an aromatic ring is 1. The Morgan fingerprint density at radius 2 is 2.44 bits per heavy atom. The Kier molecular flexibility index (Phi) is 2.47. The van der Waals surface area contributed by atoms with Crippen molar-refractivity contribution in [1.29, 1.82) is 0 Å². The second-order valence-electron chi connectivity index (χ2n) is 4.08. The zero-order valence-electron chi connectivity index (χ0n) is 8.97. The van der Waals surface area contributed by atoms with Crippen molar-refractivity contribution in [3.63, 3.8) is 0 Å². The normalized spacial score (nSPS) is 21.4. The van der Waals surface area contributed by atoms with E-state index < -0.39 is 0 Å². The fourth-order valence-corrected chi connectivity index (χ4v) is 3.41. The van der Waals surface area contributed by atoms with Crippen molar-refractivity contribution >= 4 is 28.7 Å². The van der Waals surface area contributed by atoms with Crippen molar-refractivity contribution in [3.05, 3.63) is 18.5 Å². The van der Waals surface area contributed by atoms with E-state index in [0.717, 1.165) is 16.8 Å². The summed E-state index contributed by atoms with van der Waals surface area (Å²) in [5.41, 5.74) is 8.01. The lowest BCUT2D eigenvalue weighted by atomic mass is 10.2. The van der Waals surface area contributed by atoms with Crippen LogP contribution in [0.2, 0.25) is 0 Å². The largest absolute Gasteiger partial charge is 0.369 e. The quantitative estimate of drug-likeness (QED) is 0.820. The highest BCUT2D eigenvalue weighted by molar-refractivity contribution is 7.99. The van der Waals surface area contributed by atoms with Gasteiger partial charge in [0, 0.05) is 18.0 Å². The first kappa shape index (κ1) is 9.96. The van der Waals surface area contributed by atoms with E-state index in [4.69, 9.17) is 5.73 Å². The maximum atomic E-state index is 6.00. The van der Waals surface area contributed by atoms with Gasteiger partial charge in [-0.2, -0.15) is 11.8 Å². The molecule has 0 aromatic carbocycles. The number of fused-ring (bicyclic) bond motifs is 1. The molecule has 1 atom stereocenters. The highest BCUT2D eigenvalue weighted by Gasteiger charge is 2.20. The predicted octanol–water partition coefficient (Wildman–Crippen LogP) is 2.08. The number of pyridine rings is 1. The molecule has 1 aliphatic rings. The molecule has 0 spiro atoms. The van der Waals surface area contributed by atoms with Crippen molar-refractivity contribution in [1.82, 2.24) is 14.5 Å². The van der Waals surface area contributed by atoms with Crippen molar-refractivity contribution in [2.24, 2.45) is 0 Å². The molecule has 3 heterocycles. The lowest BCUT2D eigenvalue weighted by Crippen LogP contribution is -2.17. The minimum absolute atomic E-state index is 0.492. The van der Waals surface area contributed by atoms with Gasteiger partial charge in [-0.05, 0) is 24.7 Å². The SMILES string of the molecule is Nc1nc2cnccc2n1C1CCCSC1. The van der Waals surface area contributed by atoms with Gasteiger partial charge in [-0.1, -0.05) is 0 Å². The Balaban J connectivity index is 2.10. The first-order chi connectivity index (χ1) is 7.86. The fraction of sp³-hybridized carbons (Fsp3) is 0.455. The molecule has 0 bridgehead atoms. The van der Waals surface area contributed by atoms with Crippen molar-refractivity contribution in [2.75, 3.05) is 17.2 Å². The van der Waals surface area contributed by atoms with Crippen LogP contribution in [0.15, 0.2) is 18.5 Å². The van der Waals surface area contributed by atoms with Crippen LogP contribution < -0.4 is 5.73 Å². The maximum absolute atomic E-state index is 6.00. The van der Waals surface area contributed by atoms with Gasteiger partial charge in [0.05, 0.1) is 11.7 Å². The van der Waals surface area contributed by atoms with E-state index in [1.165, 1.54) is 18.6 Å². The topological polar surface area (TPSA) is 56.7 Å². The summed E-state index contributed by atoms with van der Waals surface area (Å²) < 4.78 is 2.17. The lowest BCUT2D eigenvalue weighted by Gasteiger charge is -2.24. The molecule has 0 amide bonds. The van der Waals surface area contributed by atoms with Crippen LogP contribution in [-0.4, -0.2) is 26.0 Å². The minimum atomic E-state index is 0.492. The number of nitrogens with zero attached hydrogens (tertiary/aromatic N) is 3. The lowest BCUT2D eigenvalue weighted by molar-refractivity contribution is 0.517. The molecule has 0 saturated carbocycles. The van der Waals surface area contributed by atoms with Crippen molar-refractivity contribution in [2.45, 2.75) is 18.9 Å². The maximum Gasteiger partial charge on any atom is 0.201 e. The minimum Gasteiger partial charge on any atom is -0.369 e. The Morgan fingerprint density at radius 1 is 1.50 bits per heavy atom. The summed E-state index contributed by atoms with van der Waals surface area (Å²) in [6, 6.07) is 2.49. The molecule has 0 aliphatic carbocycles. The Hall–Kier alpha value is -1.23. The summed E-state index contributed by atoms with van der Waals surface area (Å²) in [5.74, 6) is 3.03. The average molecular weight is 234 g/mol. The molecule has 84 valence electrons. The van der Waals surface area contributed by atoms with Crippen LogP contribution in [0.3, 0.4) is 0 Å². The molecule has 4 nitrogen and oxygen atoms in total. The molecule has 16 heavy (non-hydrogen) atoms. The third-order valence-electron chi connectivity index (χ3n) is 3.02. The van der Waals surface area contributed by atoms with Crippen LogP contribution in [0, 0.1) is 0 Å². The zero-order chi connectivity index (χ0) is 11.0. The highest BCUT2D eigenvalue weighted by Crippen LogP contribution is 2.31. The summed E-state index contributed by atoms with van der Waals surface area (Å²) >= 11 is 2.00. The number of imidazole rings is 1. The van der Waals surface area contributed by atoms with Crippen LogP contribution in [0.1, 0.15) is 18.9 Å². The van der Waals surface area contributed by atoms with E-state index in [9.17, 15) is 0 Å². The standard InChI is InChI=1S/C11H14N4S/c12-11-14-9-6-13-4-3-10(9)15(11)8-2-1-5-16-7-8/h3-4,6,8H,1-2,5,7H2,(H2,12,14). The molecule has 2 N–H and O–H groups in total. The molecular formula is C11H14N4S. The Labute approximate surface area is 98.3 Å². The molecule has 3 rings (SSSR count). The number of nitrogens with two attached hydrogens (primary N) is 1. The van der Waals surface area contributed by atoms with Gasteiger partial charge < -0.3 is 10.3 Å². The summed E-state index contributed by atoms with van der Waals surface area (Å²) in [6.45, 7) is 0. The van der Waals surface area contributed by atoms with Gasteiger partial charge in [-0.15, -0.1) is 0 Å². The van der Waals surface area contributed by atoms with E-state index in [1.807, 2.05) is 17.8 Å². The zero-order valence-corrected chi connectivity index (χ0v) is 9.78. The summed E-state index contributed by atoms with van der Waals surface area (Å²) in [7, 11) is 0. The number of thioether (sulfide) groups is 1. The van der Waals surface area contributed by atoms with Gasteiger partial charge >= 0.3 is 0 Å². The molecule has 2 aromatic heterocycles. The van der Waals surface area contributed by atoms with Gasteiger partial charge in [0.2, 0.25) is 5.95 Å². The van der Waals surface area contributed by atoms with Gasteiger partial charge in [-0.3, -0.25) is 4.98 Å². The van der Waals surface area contributed by atoms with Crippen LogP contribution in [0.5, 0.6) is 0 Å². The van der Waals surface area contributed by atoms with E-state index in [-0.39, 0.29) is 0 Å². The molecular weight excluding hydrogens is 220 g/mol. The first-order valence-electron chi connectivity index (χ1n) is 5.51. The van der Waals surface area contributed by atoms with Crippen LogP contribution in [0.25, 0.3) is 11.0 Å². The molecule has 0 radical (unpaired) electrons. The van der Waals surface area contributed by atoms with Crippen molar-refractivity contribution < 1.29 is 0 Å². The Bertz CT molecular complexity index is 502. The van der Waals surface area contributed by atoms with Gasteiger partial charge in [-0.25, -0.2) is 4.98 Å². The first-order valence-corrected chi connectivity index (χ1v) is 6.67. The van der Waals surface area contributed by atoms with Gasteiger partial charge in [0.25, 0.3) is 0 Å². The highest BCUT2D eigenvalue weighted by atomic mass is 32.2. The van der Waals surface area contributed by atoms with Gasteiger partial charge in [0.15, 0.2) is 0 Å². The van der Waals surface area contributed by atoms with Crippen molar-refractivity contribution in [3.8, 4) is 0 Å². The molecule has 1 aliphatic heterocycles. The van der Waals surface area contributed by atoms with E-state index >= 15 is 0 Å². The molecule has 1 fully saturated rings.